The Morgan fingerprint density at radius 1 is 0.393 bits per heavy atom. The van der Waals surface area contributed by atoms with E-state index in [9.17, 15) is 2.74 Å². The molecule has 11 rings (SSSR count). The van der Waals surface area contributed by atoms with Crippen LogP contribution in [0.5, 0.6) is 0 Å². The van der Waals surface area contributed by atoms with E-state index in [2.05, 4.69) is 0 Å². The van der Waals surface area contributed by atoms with Gasteiger partial charge in [-0.3, -0.25) is 0 Å². The Balaban J connectivity index is 1.23. The van der Waals surface area contributed by atoms with Crippen LogP contribution < -0.4 is 0 Å². The van der Waals surface area contributed by atoms with Crippen molar-refractivity contribution in [2.75, 3.05) is 0 Å². The molecule has 0 aliphatic carbocycles. The van der Waals surface area contributed by atoms with Gasteiger partial charge in [0.1, 0.15) is 11.2 Å². The van der Waals surface area contributed by atoms with Crippen LogP contribution in [-0.4, -0.2) is 19.5 Å². The molecule has 0 radical (unpaired) electrons. The molecule has 3 aromatic heterocycles. The molecular weight excluding hydrogens is 685 g/mol. The Hall–Kier alpha value is -7.63. The molecule has 3 heterocycles. The quantitative estimate of drug-likeness (QED) is 0.171. The summed E-state index contributed by atoms with van der Waals surface area (Å²) in [4.78, 5) is 15.2. The number of para-hydroxylation sites is 3. The molecule has 0 saturated carbocycles. The van der Waals surface area contributed by atoms with Gasteiger partial charge >= 0.3 is 0 Å². The summed E-state index contributed by atoms with van der Waals surface area (Å²) in [5.41, 5.74) is 7.22. The van der Waals surface area contributed by atoms with Crippen molar-refractivity contribution in [3.8, 4) is 62.1 Å². The van der Waals surface area contributed by atoms with Crippen LogP contribution in [0.4, 0.5) is 0 Å². The maximum Gasteiger partial charge on any atom is 0.166 e. The zero-order valence-electron chi connectivity index (χ0n) is 37.6. The van der Waals surface area contributed by atoms with E-state index in [0.717, 1.165) is 38.6 Å². The molecule has 11 aromatic rings. The second-order valence-electron chi connectivity index (χ2n) is 13.4. The van der Waals surface area contributed by atoms with Crippen molar-refractivity contribution in [1.29, 1.82) is 0 Å². The van der Waals surface area contributed by atoms with Crippen LogP contribution in [0.15, 0.2) is 198 Å². The smallest absolute Gasteiger partial charge is 0.166 e. The largest absolute Gasteiger partial charge is 0.456 e. The first-order chi connectivity index (χ1) is 31.1. The zero-order valence-corrected chi connectivity index (χ0v) is 29.6. The van der Waals surface area contributed by atoms with Gasteiger partial charge < -0.3 is 8.98 Å². The van der Waals surface area contributed by atoms with E-state index in [1.807, 2.05) is 140 Å². The van der Waals surface area contributed by atoms with Crippen molar-refractivity contribution >= 4 is 43.7 Å². The third-order valence-corrected chi connectivity index (χ3v) is 10.1. The molecule has 0 saturated heterocycles. The van der Waals surface area contributed by atoms with Crippen molar-refractivity contribution in [2.45, 2.75) is 0 Å². The Morgan fingerprint density at radius 3 is 1.62 bits per heavy atom. The highest BCUT2D eigenvalue weighted by molar-refractivity contribution is 6.10. The lowest BCUT2D eigenvalue weighted by Gasteiger charge is -2.16. The molecule has 0 spiro atoms. The Morgan fingerprint density at radius 2 is 0.911 bits per heavy atom. The molecule has 0 amide bonds. The van der Waals surface area contributed by atoms with Gasteiger partial charge in [-0.2, -0.15) is 0 Å². The number of rotatable bonds is 6. The lowest BCUT2D eigenvalue weighted by atomic mass is 9.98. The first kappa shape index (κ1) is 24.6. The van der Waals surface area contributed by atoms with Crippen molar-refractivity contribution in [3.05, 3.63) is 194 Å². The van der Waals surface area contributed by atoms with Crippen LogP contribution in [0.2, 0.25) is 0 Å². The topological polar surface area (TPSA) is 56.7 Å². The minimum Gasteiger partial charge on any atom is -0.456 e. The third kappa shape index (κ3) is 5.37. The monoisotopic (exact) mass is 724 g/mol. The number of benzene rings is 8. The standard InChI is InChI=1S/C51H32N4O/c1-3-13-33(14-4-1)34-23-25-35(26-24-34)37-28-30-46(55-44-20-10-7-17-39(44)40-18-8-11-21-45(40)55)43(31-37)51-53-49(36-15-5-2-6-16-36)52-50(54-51)38-27-29-42-41-19-9-12-22-47(41)56-48(42)32-38/h1-32H/i7D,8D,10D,11D,17D,18D,20D,21D. The fourth-order valence-electron chi connectivity index (χ4n) is 7.44. The Labute approximate surface area is 334 Å². The normalized spacial score (nSPS) is 13.6. The number of nitrogens with zero attached hydrogens (tertiary/aromatic N) is 4. The summed E-state index contributed by atoms with van der Waals surface area (Å²) >= 11 is 0. The molecule has 0 N–H and O–H groups in total. The Kier molecular flexibility index (Phi) is 5.74. The van der Waals surface area contributed by atoms with E-state index < -0.39 is 48.3 Å². The van der Waals surface area contributed by atoms with E-state index >= 15 is 0 Å². The van der Waals surface area contributed by atoms with Crippen LogP contribution in [-0.2, 0) is 0 Å². The van der Waals surface area contributed by atoms with Gasteiger partial charge in [-0.05, 0) is 64.7 Å². The molecule has 0 aliphatic rings. The third-order valence-electron chi connectivity index (χ3n) is 10.1. The van der Waals surface area contributed by atoms with Gasteiger partial charge in [0.2, 0.25) is 0 Å². The highest BCUT2D eigenvalue weighted by atomic mass is 16.3. The van der Waals surface area contributed by atoms with Gasteiger partial charge in [0, 0.05) is 38.2 Å². The van der Waals surface area contributed by atoms with Gasteiger partial charge in [-0.1, -0.05) is 152 Å². The second-order valence-corrected chi connectivity index (χ2v) is 13.4. The fourth-order valence-corrected chi connectivity index (χ4v) is 7.44. The molecule has 0 fully saturated rings. The summed E-state index contributed by atoms with van der Waals surface area (Å²) in [6.07, 6.45) is 0. The molecule has 0 aliphatic heterocycles. The van der Waals surface area contributed by atoms with Gasteiger partial charge in [0.05, 0.1) is 27.7 Å². The number of furan rings is 1. The zero-order chi connectivity index (χ0) is 44.0. The molecule has 0 unspecified atom stereocenters. The van der Waals surface area contributed by atoms with Gasteiger partial charge in [0.15, 0.2) is 17.5 Å². The van der Waals surface area contributed by atoms with Gasteiger partial charge in [0.25, 0.3) is 0 Å². The van der Waals surface area contributed by atoms with Crippen LogP contribution in [0.1, 0.15) is 11.0 Å². The molecule has 56 heavy (non-hydrogen) atoms. The van der Waals surface area contributed by atoms with Crippen LogP contribution in [0, 0.1) is 0 Å². The van der Waals surface area contributed by atoms with E-state index in [1.165, 1.54) is 4.57 Å². The second kappa shape index (κ2) is 13.0. The number of fused-ring (bicyclic) bond motifs is 6. The van der Waals surface area contributed by atoms with E-state index in [1.54, 1.807) is 6.07 Å². The van der Waals surface area contributed by atoms with Crippen molar-refractivity contribution in [1.82, 2.24) is 19.5 Å². The minimum atomic E-state index is -0.519. The Bertz CT molecular complexity index is 3630. The van der Waals surface area contributed by atoms with Crippen LogP contribution in [0.3, 0.4) is 0 Å². The molecule has 5 nitrogen and oxygen atoms in total. The highest BCUT2D eigenvalue weighted by Gasteiger charge is 2.21. The number of aromatic nitrogens is 4. The molecule has 8 aromatic carbocycles. The van der Waals surface area contributed by atoms with E-state index in [-0.39, 0.29) is 27.6 Å². The van der Waals surface area contributed by atoms with E-state index in [4.69, 9.17) is 27.6 Å². The van der Waals surface area contributed by atoms with Gasteiger partial charge in [-0.15, -0.1) is 0 Å². The highest BCUT2D eigenvalue weighted by Crippen LogP contribution is 2.39. The molecule has 0 atom stereocenters. The predicted octanol–water partition coefficient (Wildman–Crippen LogP) is 13.2. The lowest BCUT2D eigenvalue weighted by molar-refractivity contribution is 0.669. The maximum absolute atomic E-state index is 9.26. The molecule has 5 heteroatoms. The minimum absolute atomic E-state index is 0.0119. The predicted molar refractivity (Wildman–Crippen MR) is 229 cm³/mol. The van der Waals surface area contributed by atoms with Crippen molar-refractivity contribution in [3.63, 3.8) is 0 Å². The SMILES string of the molecule is [2H]c1c([2H])c([2H])c2c(c1[2H])c1c([2H])c([2H])c([2H])c([2H])c1n2-c1ccc(-c2ccc(-c3ccccc3)cc2)cc1-c1nc(-c2ccccc2)nc(-c2ccc3c(c2)oc2ccccc23)n1. The number of hydrogen-bond acceptors (Lipinski definition) is 4. The average molecular weight is 725 g/mol. The summed E-state index contributed by atoms with van der Waals surface area (Å²) in [6.45, 7) is 0. The molecular formula is C51H32N4O. The van der Waals surface area contributed by atoms with Crippen molar-refractivity contribution < 1.29 is 15.4 Å². The van der Waals surface area contributed by atoms with Crippen LogP contribution >= 0.6 is 0 Å². The molecule has 262 valence electrons. The first-order valence-corrected chi connectivity index (χ1v) is 18.1. The summed E-state index contributed by atoms with van der Waals surface area (Å²) in [6, 6.07) is 43.1. The maximum atomic E-state index is 9.26. The summed E-state index contributed by atoms with van der Waals surface area (Å²) in [7, 11) is 0. The lowest BCUT2D eigenvalue weighted by Crippen LogP contribution is -2.04. The number of hydrogen-bond donors (Lipinski definition) is 0. The summed E-state index contributed by atoms with van der Waals surface area (Å²) in [5, 5.41) is 1.86. The molecule has 0 bridgehead atoms. The average Bonchev–Trinajstić information content (AvgIpc) is 3.90. The summed E-state index contributed by atoms with van der Waals surface area (Å²) in [5.74, 6) is 0.906. The first-order valence-electron chi connectivity index (χ1n) is 22.1. The van der Waals surface area contributed by atoms with E-state index in [0.29, 0.717) is 39.6 Å². The fraction of sp³-hybridized carbons (Fsp3) is 0. The van der Waals surface area contributed by atoms with Gasteiger partial charge in [-0.25, -0.2) is 15.0 Å². The summed E-state index contributed by atoms with van der Waals surface area (Å²) < 4.78 is 79.2. The van der Waals surface area contributed by atoms with Crippen molar-refractivity contribution in [2.24, 2.45) is 0 Å². The van der Waals surface area contributed by atoms with Crippen LogP contribution in [0.25, 0.3) is 106 Å².